The number of nitrogens with one attached hydrogen (secondary N) is 2. The molecule has 0 saturated carbocycles. The van der Waals surface area contributed by atoms with Crippen LogP contribution in [0.1, 0.15) is 56.6 Å². The quantitative estimate of drug-likeness (QED) is 0.273. The van der Waals surface area contributed by atoms with Crippen molar-refractivity contribution in [1.29, 1.82) is 0 Å². The van der Waals surface area contributed by atoms with Gasteiger partial charge in [-0.3, -0.25) is 13.9 Å². The van der Waals surface area contributed by atoms with Crippen molar-refractivity contribution in [3.8, 4) is 0 Å². The first-order valence-electron chi connectivity index (χ1n) is 14.4. The minimum absolute atomic E-state index is 0.111. The molecule has 6 N–H and O–H groups in total. The van der Waals surface area contributed by atoms with Crippen LogP contribution in [0.4, 0.5) is 10.1 Å². The van der Waals surface area contributed by atoms with Crippen molar-refractivity contribution < 1.29 is 23.0 Å². The average molecular weight is 609 g/mol. The summed E-state index contributed by atoms with van der Waals surface area (Å²) < 4.78 is 44.1. The van der Waals surface area contributed by atoms with Crippen LogP contribution in [0.2, 0.25) is 5.02 Å². The summed E-state index contributed by atoms with van der Waals surface area (Å²) in [6, 6.07) is 11.3. The zero-order valence-corrected chi connectivity index (χ0v) is 25.3. The lowest BCUT2D eigenvalue weighted by atomic mass is 9.73. The highest BCUT2D eigenvalue weighted by Gasteiger charge is 2.41. The van der Waals surface area contributed by atoms with Gasteiger partial charge in [-0.2, -0.15) is 0 Å². The molecule has 0 radical (unpaired) electrons. The van der Waals surface area contributed by atoms with E-state index in [-0.39, 0.29) is 35.4 Å². The van der Waals surface area contributed by atoms with Crippen LogP contribution in [0.3, 0.4) is 0 Å². The van der Waals surface area contributed by atoms with Gasteiger partial charge in [0.05, 0.1) is 17.4 Å². The lowest BCUT2D eigenvalue weighted by Gasteiger charge is -2.55. The fraction of sp³-hybridized carbons (Fsp3) is 0.567. The van der Waals surface area contributed by atoms with Gasteiger partial charge in [-0.15, -0.1) is 10.8 Å². The van der Waals surface area contributed by atoms with Crippen molar-refractivity contribution in [2.75, 3.05) is 30.8 Å². The molecule has 6 atom stereocenters. The summed E-state index contributed by atoms with van der Waals surface area (Å²) in [5.74, 6) is -0.617. The molecule has 2 bridgehead atoms. The summed E-state index contributed by atoms with van der Waals surface area (Å²) in [4.78, 5) is 13.7. The Morgan fingerprint density at radius 2 is 2.02 bits per heavy atom. The van der Waals surface area contributed by atoms with E-state index in [0.717, 1.165) is 24.8 Å². The Morgan fingerprint density at radius 1 is 1.27 bits per heavy atom. The van der Waals surface area contributed by atoms with Crippen molar-refractivity contribution in [3.05, 3.63) is 64.4 Å². The van der Waals surface area contributed by atoms with Crippen molar-refractivity contribution in [2.45, 2.75) is 75.6 Å². The molecule has 226 valence electrons. The summed E-state index contributed by atoms with van der Waals surface area (Å²) >= 11 is 6.16. The fourth-order valence-electron chi connectivity index (χ4n) is 6.71. The van der Waals surface area contributed by atoms with Crippen molar-refractivity contribution >= 4 is 34.0 Å². The second kappa shape index (κ2) is 12.5. The Kier molecular flexibility index (Phi) is 9.33. The van der Waals surface area contributed by atoms with Crippen LogP contribution >= 0.6 is 22.4 Å². The minimum atomic E-state index is -2.82. The van der Waals surface area contributed by atoms with Crippen LogP contribution in [-0.2, 0) is 16.0 Å². The Bertz CT molecular complexity index is 1230. The summed E-state index contributed by atoms with van der Waals surface area (Å²) in [6.07, 6.45) is 3.09. The second-order valence-electron chi connectivity index (χ2n) is 12.2. The van der Waals surface area contributed by atoms with E-state index in [1.165, 1.54) is 6.07 Å². The molecule has 0 spiro atoms. The number of nitrogens with two attached hydrogens (primary N) is 1. The molecule has 0 aromatic heterocycles. The maximum absolute atomic E-state index is 15.2. The molecule has 3 heterocycles. The van der Waals surface area contributed by atoms with E-state index in [4.69, 9.17) is 22.1 Å². The standard InChI is InChI=1S/C30H42ClFN4O4S/c1-30(2)16-20(12-14-40-30)27(19-6-8-21(31)9-7-19)28(33)29(37)35-26-5-3-4-25(32)24(26)11-10-23-17-34-22-13-15-41(38,39)36(23)18-22/h3-9,20,22-23,27-28,34,38-39H,10-18,33H2,1-2H3,(H,35,37)/t20?,22-,23+,27+,28+/m1/s1. The number of hydrogen-bond acceptors (Lipinski definition) is 7. The SMILES string of the molecule is CC1(C)CC([C@H](c2ccc(Cl)cc2)[C@H](N)C(=O)Nc2cccc(F)c2CC[C@H]2CN[C@@H]3CCS(O)(O)N2C3)CCO1. The second-order valence-corrected chi connectivity index (χ2v) is 14.8. The Hall–Kier alpha value is -1.76. The maximum atomic E-state index is 15.2. The zero-order chi connectivity index (χ0) is 29.4. The molecule has 2 aromatic carbocycles. The first-order valence-corrected chi connectivity index (χ1v) is 16.5. The first-order chi connectivity index (χ1) is 19.4. The first kappa shape index (κ1) is 30.7. The third-order valence-electron chi connectivity index (χ3n) is 8.86. The van der Waals surface area contributed by atoms with Gasteiger partial charge >= 0.3 is 0 Å². The zero-order valence-electron chi connectivity index (χ0n) is 23.7. The van der Waals surface area contributed by atoms with Gasteiger partial charge in [0.15, 0.2) is 0 Å². The van der Waals surface area contributed by atoms with E-state index in [1.54, 1.807) is 16.4 Å². The van der Waals surface area contributed by atoms with E-state index < -0.39 is 22.6 Å². The third-order valence-corrected chi connectivity index (χ3v) is 11.1. The molecule has 3 saturated heterocycles. The fourth-order valence-corrected chi connectivity index (χ4v) is 8.75. The van der Waals surface area contributed by atoms with Crippen molar-refractivity contribution in [2.24, 2.45) is 11.7 Å². The van der Waals surface area contributed by atoms with E-state index >= 15 is 4.39 Å². The number of benzene rings is 2. The molecule has 3 aliphatic heterocycles. The predicted octanol–water partition coefficient (Wildman–Crippen LogP) is 5.38. The van der Waals surface area contributed by atoms with Crippen LogP contribution in [0, 0.1) is 11.7 Å². The number of ether oxygens (including phenoxy) is 1. The van der Waals surface area contributed by atoms with Crippen LogP contribution in [0.15, 0.2) is 42.5 Å². The van der Waals surface area contributed by atoms with Crippen LogP contribution in [0.5, 0.6) is 0 Å². The Balaban J connectivity index is 1.33. The van der Waals surface area contributed by atoms with Gasteiger partial charge in [0.2, 0.25) is 5.91 Å². The Labute approximate surface area is 248 Å². The molecule has 3 aliphatic rings. The van der Waals surface area contributed by atoms with Gasteiger partial charge in [0.1, 0.15) is 5.82 Å². The summed E-state index contributed by atoms with van der Waals surface area (Å²) in [6.45, 7) is 5.85. The predicted molar refractivity (Wildman–Crippen MR) is 163 cm³/mol. The van der Waals surface area contributed by atoms with E-state index in [2.05, 4.69) is 10.6 Å². The number of hydrogen-bond donors (Lipinski definition) is 5. The molecule has 2 aromatic rings. The topological polar surface area (TPSA) is 120 Å². The molecule has 8 nitrogen and oxygen atoms in total. The highest BCUT2D eigenvalue weighted by atomic mass is 35.5. The van der Waals surface area contributed by atoms with Gasteiger partial charge in [0.25, 0.3) is 0 Å². The van der Waals surface area contributed by atoms with Crippen molar-refractivity contribution in [3.63, 3.8) is 0 Å². The number of fused-ring (bicyclic) bond motifs is 2. The van der Waals surface area contributed by atoms with E-state index in [1.807, 2.05) is 38.1 Å². The summed E-state index contributed by atoms with van der Waals surface area (Å²) in [7, 11) is -2.82. The van der Waals surface area contributed by atoms with E-state index in [9.17, 15) is 13.9 Å². The number of carbonyl (C=O) groups is 1. The molecule has 2 unspecified atom stereocenters. The van der Waals surface area contributed by atoms with Gasteiger partial charge in [0, 0.05) is 54.0 Å². The molecule has 3 fully saturated rings. The smallest absolute Gasteiger partial charge is 0.241 e. The normalized spacial score (nSPS) is 29.2. The number of rotatable bonds is 8. The number of anilines is 1. The maximum Gasteiger partial charge on any atom is 0.241 e. The number of halogens is 2. The lowest BCUT2D eigenvalue weighted by molar-refractivity contribution is -0.119. The molecule has 41 heavy (non-hydrogen) atoms. The number of nitrogens with zero attached hydrogens (tertiary/aromatic N) is 1. The summed E-state index contributed by atoms with van der Waals surface area (Å²) in [5, 5.41) is 7.02. The molecule has 1 amide bonds. The van der Waals surface area contributed by atoms with E-state index in [0.29, 0.717) is 54.6 Å². The Morgan fingerprint density at radius 3 is 2.76 bits per heavy atom. The number of piperazine rings is 1. The van der Waals surface area contributed by atoms with Crippen LogP contribution in [0.25, 0.3) is 0 Å². The monoisotopic (exact) mass is 608 g/mol. The molecule has 11 heteroatoms. The molecular weight excluding hydrogens is 567 g/mol. The molecular formula is C30H42ClFN4O4S. The van der Waals surface area contributed by atoms with Gasteiger partial charge in [-0.25, -0.2) is 8.70 Å². The minimum Gasteiger partial charge on any atom is -0.376 e. The number of carbonyl (C=O) groups excluding carboxylic acids is 1. The van der Waals surface area contributed by atoms with Crippen molar-refractivity contribution in [1.82, 2.24) is 9.62 Å². The highest BCUT2D eigenvalue weighted by Crippen LogP contribution is 2.50. The van der Waals surface area contributed by atoms with Gasteiger partial charge in [-0.05, 0) is 81.7 Å². The van der Waals surface area contributed by atoms with Crippen LogP contribution in [-0.4, -0.2) is 68.5 Å². The highest BCUT2D eigenvalue weighted by molar-refractivity contribution is 8.22. The van der Waals surface area contributed by atoms with Gasteiger partial charge < -0.3 is 21.1 Å². The van der Waals surface area contributed by atoms with Gasteiger partial charge in [-0.1, -0.05) is 29.8 Å². The van der Waals surface area contributed by atoms with Crippen LogP contribution < -0.4 is 16.4 Å². The lowest BCUT2D eigenvalue weighted by Crippen LogP contribution is -2.60. The number of amides is 1. The average Bonchev–Trinajstić information content (AvgIpc) is 2.92. The molecule has 5 rings (SSSR count). The summed E-state index contributed by atoms with van der Waals surface area (Å²) in [5.41, 5.74) is 8.10. The third kappa shape index (κ3) is 7.08. The molecule has 0 aliphatic carbocycles. The largest absolute Gasteiger partial charge is 0.376 e.